The second-order valence-electron chi connectivity index (χ2n) is 2.27. The number of benzene rings is 1. The molecular formula is C8H8NO2. The number of phenolic OH excluding ortho intramolecular Hbond substituents is 1. The van der Waals surface area contributed by atoms with E-state index in [2.05, 4.69) is 0 Å². The van der Waals surface area contributed by atoms with Crippen LogP contribution in [0.2, 0.25) is 0 Å². The third kappa shape index (κ3) is 2.29. The van der Waals surface area contributed by atoms with Crippen molar-refractivity contribution in [1.29, 1.82) is 0 Å². The van der Waals surface area contributed by atoms with Crippen molar-refractivity contribution in [3.63, 3.8) is 0 Å². The Hall–Kier alpha value is -1.51. The normalized spacial score (nSPS) is 9.45. The standard InChI is InChI=1S/C8H8NO2/c9-8(11)5-6-1-3-7(10)4-2-6/h1-4,9-10H,5H2. The van der Waals surface area contributed by atoms with E-state index in [1.807, 2.05) is 0 Å². The summed E-state index contributed by atoms with van der Waals surface area (Å²) in [6, 6.07) is 6.25. The monoisotopic (exact) mass is 150 g/mol. The van der Waals surface area contributed by atoms with Crippen LogP contribution in [0, 0.1) is 0 Å². The molecule has 1 rings (SSSR count). The largest absolute Gasteiger partial charge is 0.508 e. The zero-order valence-corrected chi connectivity index (χ0v) is 5.87. The molecule has 0 aliphatic heterocycles. The van der Waals surface area contributed by atoms with E-state index in [0.29, 0.717) is 0 Å². The van der Waals surface area contributed by atoms with Crippen LogP contribution in [0.25, 0.3) is 0 Å². The van der Waals surface area contributed by atoms with Gasteiger partial charge in [0.2, 0.25) is 5.91 Å². The molecule has 0 unspecified atom stereocenters. The highest BCUT2D eigenvalue weighted by Crippen LogP contribution is 2.09. The molecule has 0 aliphatic rings. The van der Waals surface area contributed by atoms with Crippen LogP contribution in [0.5, 0.6) is 5.75 Å². The Morgan fingerprint density at radius 3 is 2.36 bits per heavy atom. The first-order valence-corrected chi connectivity index (χ1v) is 3.21. The molecule has 0 aliphatic carbocycles. The molecule has 1 radical (unpaired) electrons. The maximum absolute atomic E-state index is 10.3. The first kappa shape index (κ1) is 7.60. The summed E-state index contributed by atoms with van der Waals surface area (Å²) in [6.45, 7) is 0. The summed E-state index contributed by atoms with van der Waals surface area (Å²) in [6.07, 6.45) is 0.111. The molecule has 3 nitrogen and oxygen atoms in total. The summed E-state index contributed by atoms with van der Waals surface area (Å²) in [7, 11) is 0. The van der Waals surface area contributed by atoms with Gasteiger partial charge in [-0.1, -0.05) is 12.1 Å². The van der Waals surface area contributed by atoms with Crippen LogP contribution in [0.1, 0.15) is 5.56 Å². The smallest absolute Gasteiger partial charge is 0.242 e. The highest BCUT2D eigenvalue weighted by atomic mass is 16.3. The van der Waals surface area contributed by atoms with Crippen molar-refractivity contribution in [2.45, 2.75) is 6.42 Å². The van der Waals surface area contributed by atoms with E-state index in [4.69, 9.17) is 10.8 Å². The number of carbonyl (C=O) groups excluding carboxylic acids is 1. The highest BCUT2D eigenvalue weighted by Gasteiger charge is 1.97. The number of nitrogens with one attached hydrogen (secondary N) is 1. The van der Waals surface area contributed by atoms with Crippen LogP contribution in [0.4, 0.5) is 0 Å². The molecule has 3 heteroatoms. The predicted molar refractivity (Wildman–Crippen MR) is 39.9 cm³/mol. The van der Waals surface area contributed by atoms with Gasteiger partial charge in [-0.25, -0.2) is 0 Å². The minimum Gasteiger partial charge on any atom is -0.508 e. The quantitative estimate of drug-likeness (QED) is 0.676. The number of aromatic hydroxyl groups is 1. The van der Waals surface area contributed by atoms with E-state index in [0.717, 1.165) is 5.56 Å². The third-order valence-corrected chi connectivity index (χ3v) is 1.30. The van der Waals surface area contributed by atoms with E-state index < -0.39 is 5.91 Å². The maximum atomic E-state index is 10.3. The number of phenols is 1. The first-order valence-electron chi connectivity index (χ1n) is 3.21. The molecule has 0 heterocycles. The number of carbonyl (C=O) groups is 1. The molecule has 57 valence electrons. The molecule has 1 amide bonds. The predicted octanol–water partition coefficient (Wildman–Crippen LogP) is 0.744. The lowest BCUT2D eigenvalue weighted by Crippen LogP contribution is -2.01. The molecule has 1 aromatic carbocycles. The van der Waals surface area contributed by atoms with Crippen molar-refractivity contribution < 1.29 is 9.90 Å². The summed E-state index contributed by atoms with van der Waals surface area (Å²) in [5.74, 6) is -0.443. The Kier molecular flexibility index (Phi) is 2.11. The zero-order valence-electron chi connectivity index (χ0n) is 5.87. The van der Waals surface area contributed by atoms with Gasteiger partial charge in [-0.15, -0.1) is 0 Å². The lowest BCUT2D eigenvalue weighted by Gasteiger charge is -1.95. The SMILES string of the molecule is [NH]C(=O)Cc1ccc(O)cc1. The van der Waals surface area contributed by atoms with Crippen LogP contribution in [0.3, 0.4) is 0 Å². The summed E-state index contributed by atoms with van der Waals surface area (Å²) in [4.78, 5) is 10.3. The molecule has 0 aromatic heterocycles. The van der Waals surface area contributed by atoms with Gasteiger partial charge in [0.25, 0.3) is 0 Å². The van der Waals surface area contributed by atoms with Gasteiger partial charge in [-0.05, 0) is 17.7 Å². The molecule has 0 saturated heterocycles. The van der Waals surface area contributed by atoms with Crippen LogP contribution >= 0.6 is 0 Å². The Labute approximate surface area is 64.5 Å². The van der Waals surface area contributed by atoms with Gasteiger partial charge in [0, 0.05) is 0 Å². The molecule has 0 bridgehead atoms. The molecule has 2 N–H and O–H groups in total. The van der Waals surface area contributed by atoms with Gasteiger partial charge in [-0.3, -0.25) is 10.5 Å². The second kappa shape index (κ2) is 3.05. The number of hydrogen-bond acceptors (Lipinski definition) is 2. The summed E-state index contributed by atoms with van der Waals surface area (Å²) in [5, 5.41) is 8.86. The van der Waals surface area contributed by atoms with Crippen molar-refractivity contribution in [2.24, 2.45) is 0 Å². The fourth-order valence-electron chi connectivity index (χ4n) is 0.799. The third-order valence-electron chi connectivity index (χ3n) is 1.30. The topological polar surface area (TPSA) is 61.1 Å². The van der Waals surface area contributed by atoms with Gasteiger partial charge >= 0.3 is 0 Å². The molecule has 11 heavy (non-hydrogen) atoms. The van der Waals surface area contributed by atoms with Crippen molar-refractivity contribution in [3.8, 4) is 5.75 Å². The van der Waals surface area contributed by atoms with E-state index in [-0.39, 0.29) is 12.2 Å². The Bertz CT molecular complexity index is 253. The lowest BCUT2D eigenvalue weighted by molar-refractivity contribution is -0.118. The molecular weight excluding hydrogens is 142 g/mol. The Morgan fingerprint density at radius 1 is 1.36 bits per heavy atom. The first-order chi connectivity index (χ1) is 5.18. The van der Waals surface area contributed by atoms with Gasteiger partial charge in [0.05, 0.1) is 6.42 Å². The van der Waals surface area contributed by atoms with E-state index in [1.165, 1.54) is 12.1 Å². The van der Waals surface area contributed by atoms with E-state index in [1.54, 1.807) is 12.1 Å². The lowest BCUT2D eigenvalue weighted by atomic mass is 10.1. The minimum absolute atomic E-state index is 0.111. The van der Waals surface area contributed by atoms with Gasteiger partial charge < -0.3 is 5.11 Å². The van der Waals surface area contributed by atoms with Crippen LogP contribution < -0.4 is 5.73 Å². The van der Waals surface area contributed by atoms with Gasteiger partial charge in [-0.2, -0.15) is 0 Å². The second-order valence-corrected chi connectivity index (χ2v) is 2.27. The van der Waals surface area contributed by atoms with Crippen molar-refractivity contribution >= 4 is 5.91 Å². The molecule has 0 saturated carbocycles. The van der Waals surface area contributed by atoms with Gasteiger partial charge in [0.15, 0.2) is 0 Å². The number of amides is 1. The van der Waals surface area contributed by atoms with Crippen LogP contribution in [0.15, 0.2) is 24.3 Å². The summed E-state index contributed by atoms with van der Waals surface area (Å²) < 4.78 is 0. The number of rotatable bonds is 2. The van der Waals surface area contributed by atoms with E-state index in [9.17, 15) is 4.79 Å². The average molecular weight is 150 g/mol. The summed E-state index contributed by atoms with van der Waals surface area (Å²) >= 11 is 0. The molecule has 0 fully saturated rings. The number of hydrogen-bond donors (Lipinski definition) is 1. The van der Waals surface area contributed by atoms with Crippen molar-refractivity contribution in [3.05, 3.63) is 29.8 Å². The molecule has 0 spiro atoms. The van der Waals surface area contributed by atoms with Crippen LogP contribution in [-0.4, -0.2) is 11.0 Å². The zero-order chi connectivity index (χ0) is 8.27. The summed E-state index contributed by atoms with van der Waals surface area (Å²) in [5.41, 5.74) is 7.42. The maximum Gasteiger partial charge on any atom is 0.242 e. The molecule has 1 aromatic rings. The minimum atomic E-state index is -0.615. The molecule has 0 atom stereocenters. The van der Waals surface area contributed by atoms with Crippen LogP contribution in [-0.2, 0) is 11.2 Å². The van der Waals surface area contributed by atoms with Crippen molar-refractivity contribution in [1.82, 2.24) is 5.73 Å². The Morgan fingerprint density at radius 2 is 1.91 bits per heavy atom. The van der Waals surface area contributed by atoms with Crippen molar-refractivity contribution in [2.75, 3.05) is 0 Å². The Balaban J connectivity index is 2.74. The fourth-order valence-corrected chi connectivity index (χ4v) is 0.799. The average Bonchev–Trinajstić information content (AvgIpc) is 1.93. The van der Waals surface area contributed by atoms with Gasteiger partial charge in [0.1, 0.15) is 5.75 Å². The highest BCUT2D eigenvalue weighted by molar-refractivity contribution is 5.75. The fraction of sp³-hybridized carbons (Fsp3) is 0.125. The van der Waals surface area contributed by atoms with E-state index >= 15 is 0 Å².